The maximum Gasteiger partial charge on any atom is 0.222 e. The fraction of sp³-hybridized carbons (Fsp3) is 0.882. The number of aliphatic imine (C=N–C) groups is 1. The molecule has 1 amide bonds. The van der Waals surface area contributed by atoms with Crippen LogP contribution in [0.5, 0.6) is 0 Å². The zero-order chi connectivity index (χ0) is 16.2. The Labute approximate surface area is 135 Å². The number of hydrogen-bond donors (Lipinski definition) is 3. The molecule has 1 rings (SSSR count). The number of unbranched alkanes of at least 4 members (excludes halogenated alkanes) is 1. The van der Waals surface area contributed by atoms with Gasteiger partial charge in [0.25, 0.3) is 0 Å². The quantitative estimate of drug-likeness (QED) is 0.348. The average Bonchev–Trinajstić information content (AvgIpc) is 3.01. The summed E-state index contributed by atoms with van der Waals surface area (Å²) in [6.45, 7) is 6.08. The summed E-state index contributed by atoms with van der Waals surface area (Å²) in [5, 5.41) is 9.44. The zero-order valence-electron chi connectivity index (χ0n) is 14.6. The Morgan fingerprint density at radius 3 is 2.32 bits per heavy atom. The number of carbonyl (C=O) groups excluding carboxylic acids is 1. The monoisotopic (exact) mass is 310 g/mol. The highest BCUT2D eigenvalue weighted by Gasteiger charge is 2.13. The largest absolute Gasteiger partial charge is 0.356 e. The molecule has 1 fully saturated rings. The molecule has 0 unspecified atom stereocenters. The minimum atomic E-state index is 0.0392. The maximum absolute atomic E-state index is 11.4. The molecule has 1 aliphatic rings. The minimum absolute atomic E-state index is 0.0392. The molecule has 0 aromatic heterocycles. The first-order valence-corrected chi connectivity index (χ1v) is 8.85. The third kappa shape index (κ3) is 8.25. The van der Waals surface area contributed by atoms with Gasteiger partial charge in [-0.05, 0) is 12.3 Å². The van der Waals surface area contributed by atoms with E-state index in [1.165, 1.54) is 44.9 Å². The molecule has 0 atom stereocenters. The van der Waals surface area contributed by atoms with E-state index in [9.17, 15) is 4.79 Å². The first-order valence-electron chi connectivity index (χ1n) is 8.85. The van der Waals surface area contributed by atoms with Crippen molar-refractivity contribution in [3.63, 3.8) is 0 Å². The van der Waals surface area contributed by atoms with Gasteiger partial charge in [0.15, 0.2) is 5.96 Å². The van der Waals surface area contributed by atoms with Gasteiger partial charge in [-0.1, -0.05) is 52.4 Å². The third-order valence-corrected chi connectivity index (χ3v) is 4.27. The molecule has 128 valence electrons. The van der Waals surface area contributed by atoms with Crippen LogP contribution >= 0.6 is 0 Å². The van der Waals surface area contributed by atoms with Gasteiger partial charge >= 0.3 is 0 Å². The Hall–Kier alpha value is -1.26. The van der Waals surface area contributed by atoms with Crippen LogP contribution in [0.15, 0.2) is 4.99 Å². The van der Waals surface area contributed by atoms with E-state index in [2.05, 4.69) is 20.9 Å². The highest BCUT2D eigenvalue weighted by atomic mass is 16.1. The van der Waals surface area contributed by atoms with Crippen molar-refractivity contribution in [1.29, 1.82) is 0 Å². The molecule has 0 spiro atoms. The molecule has 22 heavy (non-hydrogen) atoms. The molecule has 0 aliphatic heterocycles. The van der Waals surface area contributed by atoms with Crippen LogP contribution in [-0.4, -0.2) is 38.5 Å². The van der Waals surface area contributed by atoms with Crippen LogP contribution < -0.4 is 16.0 Å². The van der Waals surface area contributed by atoms with Gasteiger partial charge in [-0.25, -0.2) is 0 Å². The molecule has 0 aromatic carbocycles. The summed E-state index contributed by atoms with van der Waals surface area (Å²) in [7, 11) is 1.78. The van der Waals surface area contributed by atoms with E-state index in [1.54, 1.807) is 7.05 Å². The Balaban J connectivity index is 1.98. The number of rotatable bonds is 9. The second kappa shape index (κ2) is 11.3. The lowest BCUT2D eigenvalue weighted by Crippen LogP contribution is -2.42. The van der Waals surface area contributed by atoms with Crippen molar-refractivity contribution in [3.05, 3.63) is 0 Å². The summed E-state index contributed by atoms with van der Waals surface area (Å²) in [5.74, 6) is 1.94. The molecular formula is C17H34N4O. The van der Waals surface area contributed by atoms with Gasteiger partial charge in [-0.3, -0.25) is 9.79 Å². The summed E-state index contributed by atoms with van der Waals surface area (Å²) in [6, 6.07) is 0. The molecule has 1 saturated carbocycles. The Kier molecular flexibility index (Phi) is 9.67. The van der Waals surface area contributed by atoms with E-state index in [4.69, 9.17) is 0 Å². The Morgan fingerprint density at radius 2 is 1.68 bits per heavy atom. The fourth-order valence-electron chi connectivity index (χ4n) is 2.86. The highest BCUT2D eigenvalue weighted by Crippen LogP contribution is 2.28. The minimum Gasteiger partial charge on any atom is -0.356 e. The van der Waals surface area contributed by atoms with Crippen molar-refractivity contribution in [1.82, 2.24) is 16.0 Å². The number of guanidine groups is 1. The fourth-order valence-corrected chi connectivity index (χ4v) is 2.86. The van der Waals surface area contributed by atoms with Crippen molar-refractivity contribution < 1.29 is 4.79 Å². The van der Waals surface area contributed by atoms with Crippen LogP contribution in [0.4, 0.5) is 0 Å². The molecule has 5 heteroatoms. The van der Waals surface area contributed by atoms with Gasteiger partial charge in [0.1, 0.15) is 0 Å². The molecule has 0 aromatic rings. The van der Waals surface area contributed by atoms with Gasteiger partial charge in [0.05, 0.1) is 0 Å². The number of nitrogens with zero attached hydrogens (tertiary/aromatic N) is 1. The summed E-state index contributed by atoms with van der Waals surface area (Å²) >= 11 is 0. The summed E-state index contributed by atoms with van der Waals surface area (Å²) < 4.78 is 0. The van der Waals surface area contributed by atoms with Gasteiger partial charge in [0, 0.05) is 32.6 Å². The van der Waals surface area contributed by atoms with Crippen LogP contribution in [0, 0.1) is 11.8 Å². The molecule has 3 N–H and O–H groups in total. The molecule has 0 radical (unpaired) electrons. The summed E-state index contributed by atoms with van der Waals surface area (Å²) in [6.07, 6.45) is 9.65. The van der Waals surface area contributed by atoms with Crippen LogP contribution in [-0.2, 0) is 4.79 Å². The summed E-state index contributed by atoms with van der Waals surface area (Å²) in [4.78, 5) is 15.6. The lowest BCUT2D eigenvalue weighted by molar-refractivity contribution is -0.123. The maximum atomic E-state index is 11.4. The lowest BCUT2D eigenvalue weighted by atomic mass is 10.0. The van der Waals surface area contributed by atoms with Crippen LogP contribution in [0.3, 0.4) is 0 Å². The Morgan fingerprint density at radius 1 is 1.05 bits per heavy atom. The van der Waals surface area contributed by atoms with E-state index in [0.717, 1.165) is 18.4 Å². The first-order chi connectivity index (χ1) is 10.6. The molecule has 0 saturated heterocycles. The smallest absolute Gasteiger partial charge is 0.222 e. The van der Waals surface area contributed by atoms with Crippen molar-refractivity contribution in [2.45, 2.75) is 58.8 Å². The predicted molar refractivity (Wildman–Crippen MR) is 93.0 cm³/mol. The SMILES string of the molecule is CN=C(NCCCCC1CCCC1)NCCNC(=O)C(C)C. The number of carbonyl (C=O) groups is 1. The van der Waals surface area contributed by atoms with Crippen LogP contribution in [0.1, 0.15) is 58.8 Å². The predicted octanol–water partition coefficient (Wildman–Crippen LogP) is 2.28. The van der Waals surface area contributed by atoms with Crippen molar-refractivity contribution in [2.24, 2.45) is 16.8 Å². The lowest BCUT2D eigenvalue weighted by Gasteiger charge is -2.13. The normalized spacial score (nSPS) is 16.1. The third-order valence-electron chi connectivity index (χ3n) is 4.27. The molecule has 0 heterocycles. The van der Waals surface area contributed by atoms with Gasteiger partial charge in [0.2, 0.25) is 5.91 Å². The molecular weight excluding hydrogens is 276 g/mol. The van der Waals surface area contributed by atoms with Crippen molar-refractivity contribution in [3.8, 4) is 0 Å². The molecule has 5 nitrogen and oxygen atoms in total. The summed E-state index contributed by atoms with van der Waals surface area (Å²) in [5.41, 5.74) is 0. The second-order valence-corrected chi connectivity index (χ2v) is 6.52. The molecule has 1 aliphatic carbocycles. The standard InChI is InChI=1S/C17H34N4O/c1-14(2)16(22)19-12-13-21-17(18-3)20-11-7-6-10-15-8-4-5-9-15/h14-15H,4-13H2,1-3H3,(H,19,22)(H2,18,20,21). The topological polar surface area (TPSA) is 65.5 Å². The molecule has 0 bridgehead atoms. The van der Waals surface area contributed by atoms with Crippen LogP contribution in [0.25, 0.3) is 0 Å². The second-order valence-electron chi connectivity index (χ2n) is 6.52. The highest BCUT2D eigenvalue weighted by molar-refractivity contribution is 5.80. The average molecular weight is 310 g/mol. The van der Waals surface area contributed by atoms with Gasteiger partial charge in [-0.15, -0.1) is 0 Å². The van der Waals surface area contributed by atoms with E-state index < -0.39 is 0 Å². The van der Waals surface area contributed by atoms with Gasteiger partial charge in [-0.2, -0.15) is 0 Å². The van der Waals surface area contributed by atoms with Crippen molar-refractivity contribution >= 4 is 11.9 Å². The van der Waals surface area contributed by atoms with E-state index in [1.807, 2.05) is 13.8 Å². The number of amides is 1. The number of nitrogens with one attached hydrogen (secondary N) is 3. The van der Waals surface area contributed by atoms with E-state index >= 15 is 0 Å². The zero-order valence-corrected chi connectivity index (χ0v) is 14.6. The first kappa shape index (κ1) is 18.8. The van der Waals surface area contributed by atoms with Crippen molar-refractivity contribution in [2.75, 3.05) is 26.7 Å². The van der Waals surface area contributed by atoms with E-state index in [0.29, 0.717) is 13.1 Å². The van der Waals surface area contributed by atoms with Crippen LogP contribution in [0.2, 0.25) is 0 Å². The number of hydrogen-bond acceptors (Lipinski definition) is 2. The van der Waals surface area contributed by atoms with Gasteiger partial charge < -0.3 is 16.0 Å². The van der Waals surface area contributed by atoms with E-state index in [-0.39, 0.29) is 11.8 Å². The Bertz CT molecular complexity index is 336.